The number of carboxylic acid groups (broad SMARTS) is 1. The third kappa shape index (κ3) is 7.64. The van der Waals surface area contributed by atoms with Gasteiger partial charge in [0, 0.05) is 62.0 Å². The maximum absolute atomic E-state index is 12.0. The number of rotatable bonds is 10. The Hall–Kier alpha value is -3.92. The highest BCUT2D eigenvalue weighted by molar-refractivity contribution is 6.74. The summed E-state index contributed by atoms with van der Waals surface area (Å²) in [6, 6.07) is 17.3. The molecule has 3 aliphatic heterocycles. The molecule has 0 radical (unpaired) electrons. The van der Waals surface area contributed by atoms with Crippen LogP contribution in [0.1, 0.15) is 51.3 Å². The summed E-state index contributed by atoms with van der Waals surface area (Å²) >= 11 is 0. The van der Waals surface area contributed by atoms with Gasteiger partial charge in [0.05, 0.1) is 30.8 Å². The van der Waals surface area contributed by atoms with Gasteiger partial charge in [-0.3, -0.25) is 4.90 Å². The van der Waals surface area contributed by atoms with Gasteiger partial charge in [0.25, 0.3) is 0 Å². The number of likely N-dealkylation sites (tertiary alicyclic amines) is 1. The summed E-state index contributed by atoms with van der Waals surface area (Å²) in [7, 11) is -1.81. The molecule has 12 heteroatoms. The molecule has 0 bridgehead atoms. The number of aromatic nitrogens is 2. The molecular weight excluding hydrogens is 635 g/mol. The minimum Gasteiger partial charge on any atom is -0.465 e. The molecule has 11 nitrogen and oxygen atoms in total. The zero-order valence-electron chi connectivity index (χ0n) is 29.7. The normalized spacial score (nSPS) is 20.4. The number of nitrogens with zero attached hydrogens (tertiary/aromatic N) is 7. The lowest BCUT2D eigenvalue weighted by atomic mass is 10.0. The molecule has 3 aromatic rings. The fraction of sp³-hybridized carbons (Fsp3) is 0.568. The summed E-state index contributed by atoms with van der Waals surface area (Å²) in [6.45, 7) is 17.2. The molecule has 2 aromatic carbocycles. The van der Waals surface area contributed by atoms with Crippen LogP contribution >= 0.6 is 0 Å². The molecule has 262 valence electrons. The van der Waals surface area contributed by atoms with E-state index in [2.05, 4.69) is 97.1 Å². The van der Waals surface area contributed by atoms with Crippen LogP contribution in [0.2, 0.25) is 18.1 Å². The second-order valence-electron chi connectivity index (χ2n) is 15.1. The van der Waals surface area contributed by atoms with E-state index >= 15 is 0 Å². The van der Waals surface area contributed by atoms with E-state index in [0.717, 1.165) is 62.6 Å². The SMILES string of the molecule is CC(C)(C)[Si](C)(C)OCCN1CCC[C@H]1COc1nc2c(c(N3CCN(C(=O)O)C(CC#N)C3)n1)CCN(c1cccc3ccccc13)C2. The van der Waals surface area contributed by atoms with Crippen LogP contribution in [0.4, 0.5) is 16.3 Å². The summed E-state index contributed by atoms with van der Waals surface area (Å²) in [5.41, 5.74) is 3.19. The van der Waals surface area contributed by atoms with E-state index in [1.807, 2.05) is 0 Å². The van der Waals surface area contributed by atoms with Gasteiger partial charge in [-0.15, -0.1) is 0 Å². The fourth-order valence-electron chi connectivity index (χ4n) is 7.17. The summed E-state index contributed by atoms with van der Waals surface area (Å²) in [6.07, 6.45) is 2.07. The van der Waals surface area contributed by atoms with E-state index in [-0.39, 0.29) is 17.5 Å². The molecule has 2 fully saturated rings. The minimum atomic E-state index is -1.81. The molecule has 1 amide bonds. The van der Waals surface area contributed by atoms with Crippen LogP contribution in [0.5, 0.6) is 6.01 Å². The minimum absolute atomic E-state index is 0.130. The summed E-state index contributed by atoms with van der Waals surface area (Å²) in [4.78, 5) is 30.4. The number of anilines is 2. The number of ether oxygens (including phenoxy) is 1. The van der Waals surface area contributed by atoms with Gasteiger partial charge < -0.3 is 29.0 Å². The van der Waals surface area contributed by atoms with Gasteiger partial charge in [-0.05, 0) is 55.4 Å². The lowest BCUT2D eigenvalue weighted by Crippen LogP contribution is -2.55. The van der Waals surface area contributed by atoms with Gasteiger partial charge in [-0.2, -0.15) is 15.2 Å². The van der Waals surface area contributed by atoms with Crippen molar-refractivity contribution in [2.45, 2.75) is 83.2 Å². The van der Waals surface area contributed by atoms with E-state index in [4.69, 9.17) is 19.1 Å². The Balaban J connectivity index is 1.24. The molecule has 0 saturated carbocycles. The van der Waals surface area contributed by atoms with Crippen molar-refractivity contribution in [2.75, 3.05) is 62.3 Å². The summed E-state index contributed by atoms with van der Waals surface area (Å²) in [5.74, 6) is 0.802. The average molecular weight is 686 g/mol. The van der Waals surface area contributed by atoms with Crippen LogP contribution in [0, 0.1) is 11.3 Å². The predicted octanol–water partition coefficient (Wildman–Crippen LogP) is 6.14. The molecule has 2 atom stereocenters. The van der Waals surface area contributed by atoms with E-state index in [1.54, 1.807) is 0 Å². The van der Waals surface area contributed by atoms with Gasteiger partial charge in [-0.25, -0.2) is 4.79 Å². The first-order valence-corrected chi connectivity index (χ1v) is 20.6. The number of nitriles is 1. The van der Waals surface area contributed by atoms with Crippen LogP contribution < -0.4 is 14.5 Å². The van der Waals surface area contributed by atoms with E-state index in [0.29, 0.717) is 38.8 Å². The van der Waals surface area contributed by atoms with Crippen LogP contribution in [-0.4, -0.2) is 104 Å². The number of hydrogen-bond donors (Lipinski definition) is 1. The topological polar surface area (TPSA) is 118 Å². The first-order valence-electron chi connectivity index (χ1n) is 17.7. The molecule has 4 heterocycles. The summed E-state index contributed by atoms with van der Waals surface area (Å²) in [5, 5.41) is 21.9. The van der Waals surface area contributed by atoms with Crippen molar-refractivity contribution in [3.63, 3.8) is 0 Å². The van der Waals surface area contributed by atoms with Gasteiger partial charge in [-0.1, -0.05) is 57.2 Å². The highest BCUT2D eigenvalue weighted by Gasteiger charge is 2.38. The third-order valence-corrected chi connectivity index (χ3v) is 15.6. The van der Waals surface area contributed by atoms with Gasteiger partial charge in [0.15, 0.2) is 8.32 Å². The molecule has 1 aromatic heterocycles. The first kappa shape index (κ1) is 34.9. The lowest BCUT2D eigenvalue weighted by Gasteiger charge is -2.41. The largest absolute Gasteiger partial charge is 0.465 e. The Morgan fingerprint density at radius 3 is 2.61 bits per heavy atom. The van der Waals surface area contributed by atoms with Crippen molar-refractivity contribution in [3.8, 4) is 12.1 Å². The standard InChI is InChI=1S/C37H51N7O4Si/c1-37(2,3)49(4,5)48-23-22-41-18-9-12-29(41)26-47-35-39-32-25-42(33-14-8-11-27-10-6-7-13-30(27)33)19-16-31(32)34(40-35)43-20-21-44(36(45)46)28(24-43)15-17-38/h6-8,10-11,13-14,28-29H,9,12,15-16,18-26H2,1-5H3,(H,45,46)/t28?,29-/m0/s1. The Kier molecular flexibility index (Phi) is 10.3. The molecule has 49 heavy (non-hydrogen) atoms. The number of carbonyl (C=O) groups is 1. The van der Waals surface area contributed by atoms with Crippen LogP contribution in [0.3, 0.4) is 0 Å². The number of hydrogen-bond acceptors (Lipinski definition) is 9. The average Bonchev–Trinajstić information content (AvgIpc) is 3.53. The van der Waals surface area contributed by atoms with E-state index < -0.39 is 20.5 Å². The van der Waals surface area contributed by atoms with Gasteiger partial charge >= 0.3 is 12.1 Å². The van der Waals surface area contributed by atoms with Crippen molar-refractivity contribution < 1.29 is 19.1 Å². The Morgan fingerprint density at radius 2 is 1.84 bits per heavy atom. The van der Waals surface area contributed by atoms with Crippen molar-refractivity contribution >= 4 is 36.7 Å². The number of amides is 1. The Morgan fingerprint density at radius 1 is 1.04 bits per heavy atom. The quantitative estimate of drug-likeness (QED) is 0.250. The zero-order chi connectivity index (χ0) is 34.8. The second kappa shape index (κ2) is 14.5. The summed E-state index contributed by atoms with van der Waals surface area (Å²) < 4.78 is 13.0. The molecule has 0 aliphatic carbocycles. The molecule has 0 spiro atoms. The molecule has 1 unspecified atom stereocenters. The Bertz CT molecular complexity index is 1680. The molecular formula is C37H51N7O4Si. The Labute approximate surface area is 291 Å². The molecule has 2 saturated heterocycles. The van der Waals surface area contributed by atoms with Crippen molar-refractivity contribution in [3.05, 3.63) is 53.7 Å². The maximum Gasteiger partial charge on any atom is 0.407 e. The zero-order valence-corrected chi connectivity index (χ0v) is 30.7. The number of fused-ring (bicyclic) bond motifs is 2. The smallest absolute Gasteiger partial charge is 0.407 e. The van der Waals surface area contributed by atoms with Crippen molar-refractivity contribution in [1.29, 1.82) is 5.26 Å². The first-order chi connectivity index (χ1) is 23.4. The van der Waals surface area contributed by atoms with E-state index in [1.165, 1.54) is 21.4 Å². The van der Waals surface area contributed by atoms with Crippen LogP contribution in [0.25, 0.3) is 10.8 Å². The third-order valence-electron chi connectivity index (χ3n) is 11.0. The monoisotopic (exact) mass is 685 g/mol. The highest BCUT2D eigenvalue weighted by Crippen LogP contribution is 2.37. The van der Waals surface area contributed by atoms with Gasteiger partial charge in [0.1, 0.15) is 12.4 Å². The second-order valence-corrected chi connectivity index (χ2v) is 19.9. The van der Waals surface area contributed by atoms with Gasteiger partial charge in [0.2, 0.25) is 0 Å². The van der Waals surface area contributed by atoms with Crippen LogP contribution in [-0.2, 0) is 17.4 Å². The molecule has 3 aliphatic rings. The lowest BCUT2D eigenvalue weighted by molar-refractivity contribution is 0.118. The van der Waals surface area contributed by atoms with Crippen LogP contribution in [0.15, 0.2) is 42.5 Å². The van der Waals surface area contributed by atoms with Crippen molar-refractivity contribution in [2.24, 2.45) is 0 Å². The fourth-order valence-corrected chi connectivity index (χ4v) is 8.20. The predicted molar refractivity (Wildman–Crippen MR) is 195 cm³/mol. The maximum atomic E-state index is 12.0. The number of benzene rings is 2. The molecule has 1 N–H and O–H groups in total. The number of piperazine rings is 1. The van der Waals surface area contributed by atoms with Crippen molar-refractivity contribution in [1.82, 2.24) is 19.8 Å². The highest BCUT2D eigenvalue weighted by atomic mass is 28.4. The molecule has 6 rings (SSSR count). The van der Waals surface area contributed by atoms with E-state index in [9.17, 15) is 15.2 Å².